The lowest BCUT2D eigenvalue weighted by atomic mass is 10.2. The van der Waals surface area contributed by atoms with Crippen LogP contribution in [0.15, 0.2) is 45.6 Å². The molecule has 1 N–H and O–H groups in total. The summed E-state index contributed by atoms with van der Waals surface area (Å²) in [6.45, 7) is 1.13. The molecule has 2 heterocycles. The number of rotatable bonds is 6. The maximum Gasteiger partial charge on any atom is 0.258 e. The monoisotopic (exact) mass is 301 g/mol. The maximum atomic E-state index is 5.65. The average molecular weight is 301 g/mol. The first kappa shape index (κ1) is 13.8. The number of ether oxygens (including phenoxy) is 1. The molecule has 0 aliphatic carbocycles. The van der Waals surface area contributed by atoms with E-state index < -0.39 is 0 Å². The third kappa shape index (κ3) is 3.48. The van der Waals surface area contributed by atoms with Crippen LogP contribution in [-0.4, -0.2) is 17.2 Å². The van der Waals surface area contributed by atoms with Crippen molar-refractivity contribution in [3.05, 3.63) is 52.5 Å². The van der Waals surface area contributed by atoms with Gasteiger partial charge in [-0.3, -0.25) is 0 Å². The molecule has 5 nitrogen and oxygen atoms in total. The van der Waals surface area contributed by atoms with Crippen LogP contribution in [0.25, 0.3) is 11.5 Å². The van der Waals surface area contributed by atoms with Crippen molar-refractivity contribution < 1.29 is 9.26 Å². The SMILES string of the molecule is CNCc1ccc(OCc2noc(-c3ccsc3)n2)cc1. The van der Waals surface area contributed by atoms with Gasteiger partial charge in [0.15, 0.2) is 6.61 Å². The van der Waals surface area contributed by atoms with E-state index in [1.807, 2.05) is 48.1 Å². The molecule has 0 amide bonds. The Kier molecular flexibility index (Phi) is 4.28. The largest absolute Gasteiger partial charge is 0.485 e. The van der Waals surface area contributed by atoms with E-state index in [0.29, 0.717) is 18.3 Å². The Labute approximate surface area is 126 Å². The number of aromatic nitrogens is 2. The first-order valence-corrected chi connectivity index (χ1v) is 7.51. The van der Waals surface area contributed by atoms with Crippen molar-refractivity contribution in [2.45, 2.75) is 13.2 Å². The van der Waals surface area contributed by atoms with Crippen LogP contribution in [0.5, 0.6) is 5.75 Å². The van der Waals surface area contributed by atoms with Gasteiger partial charge in [-0.25, -0.2) is 0 Å². The summed E-state index contributed by atoms with van der Waals surface area (Å²) >= 11 is 1.60. The van der Waals surface area contributed by atoms with Gasteiger partial charge in [-0.1, -0.05) is 17.3 Å². The van der Waals surface area contributed by atoms with E-state index in [-0.39, 0.29) is 0 Å². The first-order valence-electron chi connectivity index (χ1n) is 6.56. The molecule has 2 aromatic heterocycles. The Morgan fingerprint density at radius 3 is 2.81 bits per heavy atom. The zero-order valence-electron chi connectivity index (χ0n) is 11.6. The van der Waals surface area contributed by atoms with Gasteiger partial charge in [0, 0.05) is 11.9 Å². The molecule has 0 saturated carbocycles. The molecule has 3 rings (SSSR count). The molecule has 0 fully saturated rings. The summed E-state index contributed by atoms with van der Waals surface area (Å²) in [5.74, 6) is 1.85. The Hall–Kier alpha value is -2.18. The summed E-state index contributed by atoms with van der Waals surface area (Å²) in [5, 5.41) is 11.0. The third-order valence-corrected chi connectivity index (χ3v) is 3.59. The molecule has 3 aromatic rings. The Morgan fingerprint density at radius 1 is 1.24 bits per heavy atom. The number of nitrogens with zero attached hydrogens (tertiary/aromatic N) is 2. The molecule has 0 unspecified atom stereocenters. The molecule has 1 aromatic carbocycles. The topological polar surface area (TPSA) is 60.2 Å². The number of hydrogen-bond acceptors (Lipinski definition) is 6. The van der Waals surface area contributed by atoms with Gasteiger partial charge in [-0.05, 0) is 36.2 Å². The molecular weight excluding hydrogens is 286 g/mol. The smallest absolute Gasteiger partial charge is 0.258 e. The molecule has 108 valence electrons. The lowest BCUT2D eigenvalue weighted by Gasteiger charge is -2.04. The number of nitrogens with one attached hydrogen (secondary N) is 1. The summed E-state index contributed by atoms with van der Waals surface area (Å²) in [6, 6.07) is 9.88. The second kappa shape index (κ2) is 6.51. The fourth-order valence-corrected chi connectivity index (χ4v) is 2.50. The van der Waals surface area contributed by atoms with Crippen LogP contribution in [0.1, 0.15) is 11.4 Å². The number of thiophene rings is 1. The van der Waals surface area contributed by atoms with E-state index in [1.54, 1.807) is 11.3 Å². The van der Waals surface area contributed by atoms with Gasteiger partial charge in [0.25, 0.3) is 5.89 Å². The van der Waals surface area contributed by atoms with Crippen molar-refractivity contribution in [1.82, 2.24) is 15.5 Å². The zero-order valence-corrected chi connectivity index (χ0v) is 12.4. The second-order valence-corrected chi connectivity index (χ2v) is 5.27. The predicted molar refractivity (Wildman–Crippen MR) is 81.1 cm³/mol. The van der Waals surface area contributed by atoms with Crippen molar-refractivity contribution in [3.63, 3.8) is 0 Å². The van der Waals surface area contributed by atoms with Crippen molar-refractivity contribution in [3.8, 4) is 17.2 Å². The van der Waals surface area contributed by atoms with E-state index in [9.17, 15) is 0 Å². The van der Waals surface area contributed by atoms with Crippen LogP contribution in [0.2, 0.25) is 0 Å². The highest BCUT2D eigenvalue weighted by Crippen LogP contribution is 2.20. The van der Waals surface area contributed by atoms with Crippen LogP contribution in [0, 0.1) is 0 Å². The lowest BCUT2D eigenvalue weighted by molar-refractivity contribution is 0.287. The summed E-state index contributed by atoms with van der Waals surface area (Å²) in [5.41, 5.74) is 2.15. The van der Waals surface area contributed by atoms with Crippen LogP contribution in [0.4, 0.5) is 0 Å². The molecule has 0 atom stereocenters. The van der Waals surface area contributed by atoms with Crippen molar-refractivity contribution in [1.29, 1.82) is 0 Å². The highest BCUT2D eigenvalue weighted by Gasteiger charge is 2.09. The van der Waals surface area contributed by atoms with E-state index >= 15 is 0 Å². The summed E-state index contributed by atoms with van der Waals surface area (Å²) in [6.07, 6.45) is 0. The van der Waals surface area contributed by atoms with E-state index in [1.165, 1.54) is 5.56 Å². The predicted octanol–water partition coefficient (Wildman–Crippen LogP) is 3.10. The van der Waals surface area contributed by atoms with E-state index in [0.717, 1.165) is 17.9 Å². The Bertz CT molecular complexity index is 677. The Balaban J connectivity index is 1.60. The zero-order chi connectivity index (χ0) is 14.5. The van der Waals surface area contributed by atoms with Gasteiger partial charge in [0.05, 0.1) is 5.56 Å². The highest BCUT2D eigenvalue weighted by atomic mass is 32.1. The van der Waals surface area contributed by atoms with Crippen LogP contribution in [-0.2, 0) is 13.2 Å². The summed E-state index contributed by atoms with van der Waals surface area (Å²) in [4.78, 5) is 4.31. The molecule has 0 aliphatic heterocycles. The molecule has 0 saturated heterocycles. The molecule has 0 spiro atoms. The van der Waals surface area contributed by atoms with Crippen LogP contribution >= 0.6 is 11.3 Å². The average Bonchev–Trinajstić information content (AvgIpc) is 3.18. The quantitative estimate of drug-likeness (QED) is 0.758. The Morgan fingerprint density at radius 2 is 2.10 bits per heavy atom. The maximum absolute atomic E-state index is 5.65. The lowest BCUT2D eigenvalue weighted by Crippen LogP contribution is -2.04. The standard InChI is InChI=1S/C15H15N3O2S/c1-16-8-11-2-4-13(5-3-11)19-9-14-17-15(20-18-14)12-6-7-21-10-12/h2-7,10,16H,8-9H2,1H3. The minimum Gasteiger partial charge on any atom is -0.485 e. The van der Waals surface area contributed by atoms with Gasteiger partial charge in [-0.15, -0.1) is 0 Å². The normalized spacial score (nSPS) is 10.7. The van der Waals surface area contributed by atoms with Crippen molar-refractivity contribution in [2.24, 2.45) is 0 Å². The fraction of sp³-hybridized carbons (Fsp3) is 0.200. The molecular formula is C15H15N3O2S. The highest BCUT2D eigenvalue weighted by molar-refractivity contribution is 7.08. The van der Waals surface area contributed by atoms with Gasteiger partial charge < -0.3 is 14.6 Å². The summed E-state index contributed by atoms with van der Waals surface area (Å²) in [7, 11) is 1.92. The molecule has 0 bridgehead atoms. The van der Waals surface area contributed by atoms with Crippen molar-refractivity contribution in [2.75, 3.05) is 7.05 Å². The molecule has 0 aliphatic rings. The van der Waals surface area contributed by atoms with Gasteiger partial charge in [0.2, 0.25) is 5.82 Å². The minimum absolute atomic E-state index is 0.291. The molecule has 21 heavy (non-hydrogen) atoms. The third-order valence-electron chi connectivity index (χ3n) is 2.91. The number of benzene rings is 1. The van der Waals surface area contributed by atoms with Gasteiger partial charge in [-0.2, -0.15) is 16.3 Å². The van der Waals surface area contributed by atoms with Crippen molar-refractivity contribution >= 4 is 11.3 Å². The van der Waals surface area contributed by atoms with Crippen LogP contribution in [0.3, 0.4) is 0 Å². The first-order chi connectivity index (χ1) is 10.3. The summed E-state index contributed by atoms with van der Waals surface area (Å²) < 4.78 is 10.9. The van der Waals surface area contributed by atoms with Gasteiger partial charge >= 0.3 is 0 Å². The fourth-order valence-electron chi connectivity index (χ4n) is 1.87. The minimum atomic E-state index is 0.291. The van der Waals surface area contributed by atoms with E-state index in [2.05, 4.69) is 15.5 Å². The molecule has 6 heteroatoms. The van der Waals surface area contributed by atoms with E-state index in [4.69, 9.17) is 9.26 Å². The second-order valence-electron chi connectivity index (χ2n) is 4.49. The number of hydrogen-bond donors (Lipinski definition) is 1. The van der Waals surface area contributed by atoms with Crippen LogP contribution < -0.4 is 10.1 Å². The molecule has 0 radical (unpaired) electrons. The van der Waals surface area contributed by atoms with Gasteiger partial charge in [0.1, 0.15) is 5.75 Å².